The summed E-state index contributed by atoms with van der Waals surface area (Å²) in [7, 11) is 0. The molecule has 2 heteroatoms. The molecule has 0 N–H and O–H groups in total. The largest absolute Gasteiger partial charge is 0.366 e. The Bertz CT molecular complexity index is 346. The van der Waals surface area contributed by atoms with Crippen LogP contribution in [0.4, 0.5) is 0 Å². The van der Waals surface area contributed by atoms with Gasteiger partial charge in [0.15, 0.2) is 0 Å². The van der Waals surface area contributed by atoms with Crippen molar-refractivity contribution >= 4 is 0 Å². The van der Waals surface area contributed by atoms with Crippen molar-refractivity contribution in [3.63, 3.8) is 0 Å². The maximum atomic E-state index is 6.36. The minimum Gasteiger partial charge on any atom is -0.366 e. The number of nitrogens with zero attached hydrogens (tertiary/aromatic N) is 1. The second-order valence-electron chi connectivity index (χ2n) is 7.16. The summed E-state index contributed by atoms with van der Waals surface area (Å²) >= 11 is 0. The van der Waals surface area contributed by atoms with Gasteiger partial charge in [0.2, 0.25) is 0 Å². The zero-order chi connectivity index (χ0) is 14.2. The number of rotatable bonds is 3. The van der Waals surface area contributed by atoms with Crippen molar-refractivity contribution in [1.82, 2.24) is 4.90 Å². The van der Waals surface area contributed by atoms with E-state index < -0.39 is 0 Å². The molecular weight excluding hydrogens is 234 g/mol. The monoisotopic (exact) mass is 265 g/mol. The van der Waals surface area contributed by atoms with E-state index in [0.717, 1.165) is 6.61 Å². The lowest BCUT2D eigenvalue weighted by atomic mass is 9.76. The van der Waals surface area contributed by atoms with Gasteiger partial charge in [-0.25, -0.2) is 0 Å². The summed E-state index contributed by atoms with van der Waals surface area (Å²) in [5, 5.41) is 0. The van der Waals surface area contributed by atoms with Gasteiger partial charge < -0.3 is 9.64 Å². The molecule has 2 aliphatic rings. The first-order valence-electron chi connectivity index (χ1n) is 7.99. The summed E-state index contributed by atoms with van der Waals surface area (Å²) in [4.78, 5) is 2.58. The Morgan fingerprint density at radius 1 is 0.947 bits per heavy atom. The van der Waals surface area contributed by atoms with E-state index in [-0.39, 0.29) is 5.60 Å². The summed E-state index contributed by atoms with van der Waals surface area (Å²) < 4.78 is 6.36. The Kier molecular flexibility index (Phi) is 4.42. The highest BCUT2D eigenvalue weighted by molar-refractivity contribution is 5.33. The fraction of sp³-hybridized carbons (Fsp3) is 0.882. The van der Waals surface area contributed by atoms with Gasteiger partial charge in [0.1, 0.15) is 0 Å². The van der Waals surface area contributed by atoms with Crippen LogP contribution in [-0.4, -0.2) is 36.2 Å². The van der Waals surface area contributed by atoms with Gasteiger partial charge in [-0.2, -0.15) is 0 Å². The van der Waals surface area contributed by atoms with Crippen molar-refractivity contribution in [2.24, 2.45) is 11.8 Å². The normalized spacial score (nSPS) is 24.5. The SMILES string of the molecule is CC(C)C1=C(C(C)C)C2(CCN(C(C)C)CC2)OC1. The van der Waals surface area contributed by atoms with Crippen LogP contribution in [0.25, 0.3) is 0 Å². The third-order valence-electron chi connectivity index (χ3n) is 4.95. The molecule has 2 heterocycles. The molecule has 0 aromatic heterocycles. The minimum absolute atomic E-state index is 0.0686. The van der Waals surface area contributed by atoms with Gasteiger partial charge in [0, 0.05) is 19.1 Å². The fourth-order valence-electron chi connectivity index (χ4n) is 3.85. The number of hydrogen-bond donors (Lipinski definition) is 0. The third-order valence-corrected chi connectivity index (χ3v) is 4.95. The molecule has 0 unspecified atom stereocenters. The van der Waals surface area contributed by atoms with Crippen LogP contribution in [0.1, 0.15) is 54.4 Å². The summed E-state index contributed by atoms with van der Waals surface area (Å²) in [6.45, 7) is 17.1. The smallest absolute Gasteiger partial charge is 0.0926 e. The molecule has 1 saturated heterocycles. The van der Waals surface area contributed by atoms with Crippen LogP contribution in [0, 0.1) is 11.8 Å². The van der Waals surface area contributed by atoms with Crippen molar-refractivity contribution in [3.05, 3.63) is 11.1 Å². The Hall–Kier alpha value is -0.340. The van der Waals surface area contributed by atoms with E-state index in [1.165, 1.54) is 25.9 Å². The van der Waals surface area contributed by atoms with Gasteiger partial charge in [-0.1, -0.05) is 27.7 Å². The quantitative estimate of drug-likeness (QED) is 0.718. The van der Waals surface area contributed by atoms with Crippen molar-refractivity contribution in [3.8, 4) is 0 Å². The zero-order valence-corrected chi connectivity index (χ0v) is 13.6. The molecule has 0 saturated carbocycles. The highest BCUT2D eigenvalue weighted by atomic mass is 16.5. The van der Waals surface area contributed by atoms with Crippen molar-refractivity contribution in [1.29, 1.82) is 0 Å². The molecule has 2 rings (SSSR count). The number of hydrogen-bond acceptors (Lipinski definition) is 2. The molecule has 2 aliphatic heterocycles. The molecule has 1 spiro atoms. The molecule has 0 aliphatic carbocycles. The van der Waals surface area contributed by atoms with Gasteiger partial charge in [-0.15, -0.1) is 0 Å². The van der Waals surface area contributed by atoms with E-state index >= 15 is 0 Å². The van der Waals surface area contributed by atoms with Gasteiger partial charge >= 0.3 is 0 Å². The van der Waals surface area contributed by atoms with E-state index in [0.29, 0.717) is 17.9 Å². The molecule has 0 bridgehead atoms. The highest BCUT2D eigenvalue weighted by Crippen LogP contribution is 2.45. The number of piperidine rings is 1. The Balaban J connectivity index is 2.21. The third kappa shape index (κ3) is 2.75. The van der Waals surface area contributed by atoms with Crippen LogP contribution in [0.15, 0.2) is 11.1 Å². The predicted molar refractivity (Wildman–Crippen MR) is 81.3 cm³/mol. The van der Waals surface area contributed by atoms with Gasteiger partial charge in [-0.3, -0.25) is 0 Å². The summed E-state index contributed by atoms with van der Waals surface area (Å²) in [6, 6.07) is 0.662. The first-order chi connectivity index (χ1) is 8.87. The van der Waals surface area contributed by atoms with Crippen LogP contribution in [0.3, 0.4) is 0 Å². The molecule has 0 radical (unpaired) electrons. The first kappa shape index (κ1) is 15.1. The summed E-state index contributed by atoms with van der Waals surface area (Å²) in [6.07, 6.45) is 2.35. The Morgan fingerprint density at radius 3 is 1.95 bits per heavy atom. The minimum atomic E-state index is 0.0686. The molecule has 2 nitrogen and oxygen atoms in total. The summed E-state index contributed by atoms with van der Waals surface area (Å²) in [5.41, 5.74) is 3.28. The second kappa shape index (κ2) is 5.57. The maximum absolute atomic E-state index is 6.36. The van der Waals surface area contributed by atoms with Gasteiger partial charge in [0.05, 0.1) is 12.2 Å². The average Bonchev–Trinajstić information content (AvgIpc) is 2.69. The maximum Gasteiger partial charge on any atom is 0.0926 e. The lowest BCUT2D eigenvalue weighted by molar-refractivity contribution is -0.0403. The van der Waals surface area contributed by atoms with Gasteiger partial charge in [0.25, 0.3) is 0 Å². The van der Waals surface area contributed by atoms with E-state index in [2.05, 4.69) is 46.4 Å². The van der Waals surface area contributed by atoms with Crippen LogP contribution in [0.5, 0.6) is 0 Å². The fourth-order valence-corrected chi connectivity index (χ4v) is 3.85. The predicted octanol–water partition coefficient (Wildman–Crippen LogP) is 3.87. The van der Waals surface area contributed by atoms with Crippen molar-refractivity contribution in [2.45, 2.75) is 66.0 Å². The molecule has 0 aromatic rings. The lowest BCUT2D eigenvalue weighted by Crippen LogP contribution is -2.48. The molecule has 110 valence electrons. The van der Waals surface area contributed by atoms with Crippen LogP contribution in [-0.2, 0) is 4.74 Å². The van der Waals surface area contributed by atoms with E-state index in [4.69, 9.17) is 4.74 Å². The highest BCUT2D eigenvalue weighted by Gasteiger charge is 2.45. The first-order valence-corrected chi connectivity index (χ1v) is 7.99. The van der Waals surface area contributed by atoms with E-state index in [9.17, 15) is 0 Å². The second-order valence-corrected chi connectivity index (χ2v) is 7.16. The number of likely N-dealkylation sites (tertiary alicyclic amines) is 1. The Morgan fingerprint density at radius 2 is 1.53 bits per heavy atom. The Labute approximate surface area is 119 Å². The van der Waals surface area contributed by atoms with Crippen LogP contribution >= 0.6 is 0 Å². The summed E-state index contributed by atoms with van der Waals surface area (Å²) in [5.74, 6) is 1.24. The lowest BCUT2D eigenvalue weighted by Gasteiger charge is -2.43. The molecule has 1 fully saturated rings. The molecule has 0 aromatic carbocycles. The molecule has 19 heavy (non-hydrogen) atoms. The molecule has 0 atom stereocenters. The molecule has 0 amide bonds. The number of ether oxygens (including phenoxy) is 1. The van der Waals surface area contributed by atoms with E-state index in [1.807, 2.05) is 0 Å². The van der Waals surface area contributed by atoms with Crippen LogP contribution in [0.2, 0.25) is 0 Å². The standard InChI is InChI=1S/C17H31NO/c1-12(2)15-11-19-17(16(15)13(3)4)7-9-18(10-8-17)14(5)6/h12-14H,7-11H2,1-6H3. The topological polar surface area (TPSA) is 12.5 Å². The van der Waals surface area contributed by atoms with Crippen molar-refractivity contribution < 1.29 is 4.74 Å². The zero-order valence-electron chi connectivity index (χ0n) is 13.6. The van der Waals surface area contributed by atoms with Crippen molar-refractivity contribution in [2.75, 3.05) is 19.7 Å². The van der Waals surface area contributed by atoms with E-state index in [1.54, 1.807) is 11.1 Å². The molecular formula is C17H31NO. The van der Waals surface area contributed by atoms with Gasteiger partial charge in [-0.05, 0) is 49.7 Å². The van der Waals surface area contributed by atoms with Crippen LogP contribution < -0.4 is 0 Å². The average molecular weight is 265 g/mol.